The van der Waals surface area contributed by atoms with Gasteiger partial charge in [-0.2, -0.15) is 0 Å². The minimum absolute atomic E-state index is 0.0447. The van der Waals surface area contributed by atoms with Crippen LogP contribution in [0.15, 0.2) is 65.7 Å². The first-order valence-electron chi connectivity index (χ1n) is 8.20. The Morgan fingerprint density at radius 1 is 1.11 bits per heavy atom. The second-order valence-corrected chi connectivity index (χ2v) is 7.67. The van der Waals surface area contributed by atoms with Gasteiger partial charge in [0, 0.05) is 11.8 Å². The first kappa shape index (κ1) is 19.1. The number of benzene rings is 2. The molecule has 0 spiro atoms. The molecule has 0 aliphatic rings. The zero-order chi connectivity index (χ0) is 20.3. The van der Waals surface area contributed by atoms with Gasteiger partial charge in [0.15, 0.2) is 0 Å². The van der Waals surface area contributed by atoms with Crippen LogP contribution in [0.1, 0.15) is 21.6 Å². The molecule has 0 unspecified atom stereocenters. The predicted octanol–water partition coefficient (Wildman–Crippen LogP) is 3.54. The number of aromatic nitrogens is 1. The van der Waals surface area contributed by atoms with Crippen molar-refractivity contribution in [2.45, 2.75) is 11.8 Å². The Balaban J connectivity index is 2.07. The average Bonchev–Trinajstić information content (AvgIpc) is 2.68. The number of hydrogen-bond donors (Lipinski definition) is 2. The minimum atomic E-state index is -4.09. The summed E-state index contributed by atoms with van der Waals surface area (Å²) in [4.78, 5) is 15.4. The van der Waals surface area contributed by atoms with Gasteiger partial charge in [-0.15, -0.1) is 6.42 Å². The average molecular weight is 392 g/mol. The Bertz CT molecular complexity index is 1200. The third kappa shape index (κ3) is 3.87. The maximum atomic E-state index is 12.8. The number of hydrogen-bond acceptors (Lipinski definition) is 4. The first-order valence-corrected chi connectivity index (χ1v) is 9.69. The van der Waals surface area contributed by atoms with Crippen molar-refractivity contribution in [1.29, 1.82) is 0 Å². The van der Waals surface area contributed by atoms with Crippen LogP contribution in [0.4, 0.5) is 5.69 Å². The SMILES string of the molecule is C#Cc1cc(S(=O)(=O)Nc2cc(-c3ccccc3)ccc2C(=O)O)cnc1C. The number of rotatable bonds is 5. The number of terminal acetylenes is 1. The van der Waals surface area contributed by atoms with E-state index in [1.165, 1.54) is 24.4 Å². The fourth-order valence-electron chi connectivity index (χ4n) is 2.64. The highest BCUT2D eigenvalue weighted by Crippen LogP contribution is 2.28. The van der Waals surface area contributed by atoms with Gasteiger partial charge in [0.25, 0.3) is 10.0 Å². The maximum absolute atomic E-state index is 12.8. The Morgan fingerprint density at radius 3 is 2.46 bits per heavy atom. The van der Waals surface area contributed by atoms with Gasteiger partial charge in [0.2, 0.25) is 0 Å². The molecule has 2 N–H and O–H groups in total. The summed E-state index contributed by atoms with van der Waals surface area (Å²) in [5, 5.41) is 9.44. The molecule has 0 saturated carbocycles. The Kier molecular flexibility index (Phi) is 5.16. The van der Waals surface area contributed by atoms with Gasteiger partial charge in [0.1, 0.15) is 4.90 Å². The summed E-state index contributed by atoms with van der Waals surface area (Å²) >= 11 is 0. The molecule has 0 atom stereocenters. The number of aromatic carboxylic acids is 1. The molecule has 0 radical (unpaired) electrons. The van der Waals surface area contributed by atoms with E-state index in [0.717, 1.165) is 5.56 Å². The highest BCUT2D eigenvalue weighted by atomic mass is 32.2. The van der Waals surface area contributed by atoms with E-state index in [1.807, 2.05) is 30.3 Å². The summed E-state index contributed by atoms with van der Waals surface area (Å²) in [5.74, 6) is 1.14. The lowest BCUT2D eigenvalue weighted by atomic mass is 10.0. The number of nitrogens with zero attached hydrogens (tertiary/aromatic N) is 1. The Labute approximate surface area is 162 Å². The van der Waals surface area contributed by atoms with E-state index in [4.69, 9.17) is 6.42 Å². The summed E-state index contributed by atoms with van der Waals surface area (Å²) in [6.45, 7) is 1.67. The molecule has 1 aromatic heterocycles. The summed E-state index contributed by atoms with van der Waals surface area (Å²) < 4.78 is 27.9. The van der Waals surface area contributed by atoms with E-state index in [9.17, 15) is 18.3 Å². The van der Waals surface area contributed by atoms with Crippen molar-refractivity contribution in [2.75, 3.05) is 4.72 Å². The third-order valence-electron chi connectivity index (χ3n) is 4.13. The summed E-state index contributed by atoms with van der Waals surface area (Å²) in [5.41, 5.74) is 2.16. The van der Waals surface area contributed by atoms with E-state index in [-0.39, 0.29) is 16.1 Å². The lowest BCUT2D eigenvalue weighted by molar-refractivity contribution is 0.0698. The van der Waals surface area contributed by atoms with Crippen LogP contribution in [0.25, 0.3) is 11.1 Å². The van der Waals surface area contributed by atoms with Crippen LogP contribution in [0.5, 0.6) is 0 Å². The smallest absolute Gasteiger partial charge is 0.337 e. The van der Waals surface area contributed by atoms with Crippen LogP contribution < -0.4 is 4.72 Å². The van der Waals surface area contributed by atoms with Crippen molar-refractivity contribution < 1.29 is 18.3 Å². The molecule has 140 valence electrons. The van der Waals surface area contributed by atoms with Crippen molar-refractivity contribution in [1.82, 2.24) is 4.98 Å². The molecule has 0 bridgehead atoms. The minimum Gasteiger partial charge on any atom is -0.478 e. The van der Waals surface area contributed by atoms with Crippen molar-refractivity contribution in [3.8, 4) is 23.5 Å². The normalized spacial score (nSPS) is 10.9. The number of anilines is 1. The molecule has 0 aliphatic heterocycles. The number of pyridine rings is 1. The standard InChI is InChI=1S/C21H16N2O4S/c1-3-15-11-18(13-22-14(15)2)28(26,27)23-20-12-17(9-10-19(20)21(24)25)16-7-5-4-6-8-16/h1,4-13,23H,2H3,(H,24,25). The molecular formula is C21H16N2O4S. The lowest BCUT2D eigenvalue weighted by Gasteiger charge is -2.13. The van der Waals surface area contributed by atoms with Crippen LogP contribution in [0, 0.1) is 19.3 Å². The van der Waals surface area contributed by atoms with Gasteiger partial charge in [0.05, 0.1) is 16.9 Å². The molecule has 1 heterocycles. The van der Waals surface area contributed by atoms with Gasteiger partial charge in [-0.1, -0.05) is 42.3 Å². The topological polar surface area (TPSA) is 96.4 Å². The number of aryl methyl sites for hydroxylation is 1. The molecule has 0 fully saturated rings. The van der Waals surface area contributed by atoms with E-state index in [1.54, 1.807) is 13.0 Å². The molecule has 0 saturated heterocycles. The third-order valence-corrected chi connectivity index (χ3v) is 5.46. The summed E-state index contributed by atoms with van der Waals surface area (Å²) in [7, 11) is -4.09. The van der Waals surface area contributed by atoms with E-state index < -0.39 is 16.0 Å². The van der Waals surface area contributed by atoms with Crippen molar-refractivity contribution in [3.05, 3.63) is 77.6 Å². The molecule has 3 rings (SSSR count). The largest absolute Gasteiger partial charge is 0.478 e. The van der Waals surface area contributed by atoms with Crippen LogP contribution in [-0.2, 0) is 10.0 Å². The highest BCUT2D eigenvalue weighted by molar-refractivity contribution is 7.92. The van der Waals surface area contributed by atoms with Crippen LogP contribution in [0.3, 0.4) is 0 Å². The van der Waals surface area contributed by atoms with Gasteiger partial charge in [-0.3, -0.25) is 9.71 Å². The zero-order valence-electron chi connectivity index (χ0n) is 14.9. The van der Waals surface area contributed by atoms with Gasteiger partial charge < -0.3 is 5.11 Å². The Hall–Kier alpha value is -3.63. The number of carboxylic acids is 1. The van der Waals surface area contributed by atoms with Crippen molar-refractivity contribution in [2.24, 2.45) is 0 Å². The highest BCUT2D eigenvalue weighted by Gasteiger charge is 2.20. The van der Waals surface area contributed by atoms with E-state index in [2.05, 4.69) is 15.6 Å². The van der Waals surface area contributed by atoms with Crippen LogP contribution in [0.2, 0.25) is 0 Å². The van der Waals surface area contributed by atoms with Crippen LogP contribution in [-0.4, -0.2) is 24.5 Å². The quantitative estimate of drug-likeness (QED) is 0.648. The van der Waals surface area contributed by atoms with Crippen molar-refractivity contribution >= 4 is 21.7 Å². The number of carbonyl (C=O) groups is 1. The molecule has 2 aromatic carbocycles. The first-order chi connectivity index (χ1) is 13.3. The maximum Gasteiger partial charge on any atom is 0.337 e. The molecule has 6 nitrogen and oxygen atoms in total. The molecule has 0 amide bonds. The van der Waals surface area contributed by atoms with Gasteiger partial charge >= 0.3 is 5.97 Å². The number of nitrogens with one attached hydrogen (secondary N) is 1. The van der Waals surface area contributed by atoms with Crippen molar-refractivity contribution in [3.63, 3.8) is 0 Å². The second kappa shape index (κ2) is 7.55. The lowest BCUT2D eigenvalue weighted by Crippen LogP contribution is -2.16. The number of carboxylic acid groups (broad SMARTS) is 1. The Morgan fingerprint density at radius 2 is 1.82 bits per heavy atom. The second-order valence-electron chi connectivity index (χ2n) is 5.99. The monoisotopic (exact) mass is 392 g/mol. The molecule has 0 aliphatic carbocycles. The van der Waals surface area contributed by atoms with Gasteiger partial charge in [-0.05, 0) is 36.2 Å². The number of sulfonamides is 1. The van der Waals surface area contributed by atoms with E-state index >= 15 is 0 Å². The fraction of sp³-hybridized carbons (Fsp3) is 0.0476. The van der Waals surface area contributed by atoms with Gasteiger partial charge in [-0.25, -0.2) is 13.2 Å². The molecular weight excluding hydrogens is 376 g/mol. The zero-order valence-corrected chi connectivity index (χ0v) is 15.7. The van der Waals surface area contributed by atoms with E-state index in [0.29, 0.717) is 16.8 Å². The predicted molar refractivity (Wildman–Crippen MR) is 107 cm³/mol. The molecule has 3 aromatic rings. The van der Waals surface area contributed by atoms with Crippen LogP contribution >= 0.6 is 0 Å². The fourth-order valence-corrected chi connectivity index (χ4v) is 3.68. The summed E-state index contributed by atoms with van der Waals surface area (Å²) in [6, 6.07) is 15.0. The summed E-state index contributed by atoms with van der Waals surface area (Å²) in [6.07, 6.45) is 6.56. The molecule has 7 heteroatoms. The molecule has 28 heavy (non-hydrogen) atoms.